The Hall–Kier alpha value is -2.76. The molecule has 1 atom stereocenters. The lowest BCUT2D eigenvalue weighted by Crippen LogP contribution is -2.69. The van der Waals surface area contributed by atoms with Crippen molar-refractivity contribution in [3.05, 3.63) is 71.1 Å². The molecule has 0 aliphatic heterocycles. The van der Waals surface area contributed by atoms with Gasteiger partial charge < -0.3 is 10.1 Å². The van der Waals surface area contributed by atoms with E-state index in [0.29, 0.717) is 6.54 Å². The van der Waals surface area contributed by atoms with Crippen molar-refractivity contribution in [3.63, 3.8) is 0 Å². The summed E-state index contributed by atoms with van der Waals surface area (Å²) in [6.07, 6.45) is 2.02. The van der Waals surface area contributed by atoms with Crippen LogP contribution in [0.25, 0.3) is 10.4 Å². The van der Waals surface area contributed by atoms with Crippen LogP contribution in [0.5, 0.6) is 0 Å². The Labute approximate surface area is 180 Å². The number of rotatable bonds is 9. The van der Waals surface area contributed by atoms with E-state index in [-0.39, 0.29) is 5.67 Å². The molecule has 0 spiro atoms. The zero-order valence-electron chi connectivity index (χ0n) is 18.3. The Morgan fingerprint density at radius 1 is 1.07 bits per heavy atom. The van der Waals surface area contributed by atoms with Crippen LogP contribution in [0.2, 0.25) is 6.55 Å². The Bertz CT molecular complexity index is 807. The van der Waals surface area contributed by atoms with Gasteiger partial charge in [-0.25, -0.2) is 4.79 Å². The van der Waals surface area contributed by atoms with Crippen molar-refractivity contribution in [1.29, 1.82) is 0 Å². The largest absolute Gasteiger partial charge is 0.444 e. The molecule has 0 radical (unpaired) electrons. The molecule has 2 aromatic rings. The zero-order valence-corrected chi connectivity index (χ0v) is 19.3. The molecule has 0 saturated heterocycles. The minimum Gasteiger partial charge on any atom is -0.444 e. The number of carbonyl (C=O) groups is 1. The Balaban J connectivity index is 2.40. The first-order chi connectivity index (χ1) is 14.3. The van der Waals surface area contributed by atoms with E-state index in [1.165, 1.54) is 10.4 Å². The van der Waals surface area contributed by atoms with Crippen LogP contribution >= 0.6 is 0 Å². The summed E-state index contributed by atoms with van der Waals surface area (Å²) >= 11 is 0. The Morgan fingerprint density at radius 3 is 2.07 bits per heavy atom. The van der Waals surface area contributed by atoms with Gasteiger partial charge in [-0.05, 0) is 39.1 Å². The van der Waals surface area contributed by atoms with Crippen LogP contribution < -0.4 is 15.7 Å². The zero-order chi connectivity index (χ0) is 22.0. The lowest BCUT2D eigenvalue weighted by Gasteiger charge is -2.38. The topological polar surface area (TPSA) is 87.1 Å². The average molecular weight is 425 g/mol. The quantitative estimate of drug-likeness (QED) is 0.206. The number of amides is 1. The molecule has 0 aromatic heterocycles. The van der Waals surface area contributed by atoms with Gasteiger partial charge in [0.05, 0.1) is 0 Å². The molecule has 30 heavy (non-hydrogen) atoms. The normalized spacial score (nSPS) is 12.5. The second-order valence-corrected chi connectivity index (χ2v) is 12.8. The van der Waals surface area contributed by atoms with E-state index in [2.05, 4.69) is 70.4 Å². The second-order valence-electron chi connectivity index (χ2n) is 8.58. The number of nitrogens with one attached hydrogen (secondary N) is 1. The minimum absolute atomic E-state index is 0.0665. The molecule has 0 heterocycles. The van der Waals surface area contributed by atoms with Gasteiger partial charge in [0.25, 0.3) is 0 Å². The van der Waals surface area contributed by atoms with E-state index < -0.39 is 19.8 Å². The number of alkyl carbamates (subject to hydrolysis) is 1. The molecule has 0 aliphatic rings. The molecular weight excluding hydrogens is 392 g/mol. The van der Waals surface area contributed by atoms with Gasteiger partial charge in [-0.15, -0.1) is 0 Å². The highest BCUT2D eigenvalue weighted by Crippen LogP contribution is 2.18. The van der Waals surface area contributed by atoms with Crippen LogP contribution in [0.15, 0.2) is 65.8 Å². The number of unbranched alkanes of at least 4 members (excludes halogenated alkanes) is 1. The summed E-state index contributed by atoms with van der Waals surface area (Å²) in [6, 6.07) is 20.9. The number of nitrogens with zero attached hydrogens (tertiary/aromatic N) is 3. The number of ether oxygens (including phenoxy) is 1. The van der Waals surface area contributed by atoms with E-state index in [9.17, 15) is 4.79 Å². The molecule has 7 heteroatoms. The predicted octanol–water partition coefficient (Wildman–Crippen LogP) is 4.79. The number of hydrogen-bond donors (Lipinski definition) is 1. The summed E-state index contributed by atoms with van der Waals surface area (Å²) in [6.45, 7) is 8.36. The molecule has 0 unspecified atom stereocenters. The smallest absolute Gasteiger partial charge is 0.407 e. The molecule has 160 valence electrons. The van der Waals surface area contributed by atoms with Gasteiger partial charge in [-0.3, -0.25) is 0 Å². The number of benzene rings is 2. The molecule has 0 saturated carbocycles. The molecular formula is C23H32N4O2Si. The highest BCUT2D eigenvalue weighted by Gasteiger charge is 2.41. The highest BCUT2D eigenvalue weighted by atomic mass is 28.3. The van der Waals surface area contributed by atoms with Gasteiger partial charge in [-0.2, -0.15) is 0 Å². The lowest BCUT2D eigenvalue weighted by molar-refractivity contribution is 0.0517. The molecule has 1 N–H and O–H groups in total. The summed E-state index contributed by atoms with van der Waals surface area (Å²) in [5.74, 6) is 0. The maximum atomic E-state index is 12.7. The van der Waals surface area contributed by atoms with E-state index in [1.54, 1.807) is 0 Å². The van der Waals surface area contributed by atoms with E-state index in [0.717, 1.165) is 19.3 Å². The third-order valence-electron chi connectivity index (χ3n) is 5.20. The van der Waals surface area contributed by atoms with Gasteiger partial charge in [0.1, 0.15) is 13.7 Å². The van der Waals surface area contributed by atoms with Gasteiger partial charge in [0, 0.05) is 17.1 Å². The van der Waals surface area contributed by atoms with E-state index in [4.69, 9.17) is 10.3 Å². The molecule has 0 fully saturated rings. The number of azide groups is 1. The molecule has 2 aromatic carbocycles. The van der Waals surface area contributed by atoms with Crippen molar-refractivity contribution >= 4 is 24.5 Å². The van der Waals surface area contributed by atoms with Crippen molar-refractivity contribution < 1.29 is 9.53 Å². The van der Waals surface area contributed by atoms with E-state index in [1.807, 2.05) is 32.9 Å². The lowest BCUT2D eigenvalue weighted by atomic mass is 10.2. The molecule has 0 aliphatic carbocycles. The number of carbonyl (C=O) groups excluding carboxylic acids is 1. The van der Waals surface area contributed by atoms with Crippen molar-refractivity contribution in [2.45, 2.75) is 57.8 Å². The SMILES string of the molecule is CC(C)(C)OC(=O)N[C@@H](CCCCN=[N+]=[N-])[Si](C)(c1ccccc1)c1ccccc1. The van der Waals surface area contributed by atoms with E-state index >= 15 is 0 Å². The van der Waals surface area contributed by atoms with Crippen LogP contribution in [0, 0.1) is 0 Å². The monoisotopic (exact) mass is 424 g/mol. The van der Waals surface area contributed by atoms with Crippen LogP contribution in [0.3, 0.4) is 0 Å². The van der Waals surface area contributed by atoms with Crippen LogP contribution in [0.1, 0.15) is 40.0 Å². The second kappa shape index (κ2) is 10.9. The van der Waals surface area contributed by atoms with Crippen molar-refractivity contribution in [2.24, 2.45) is 5.11 Å². The van der Waals surface area contributed by atoms with Crippen molar-refractivity contribution in [2.75, 3.05) is 6.54 Å². The van der Waals surface area contributed by atoms with Gasteiger partial charge >= 0.3 is 6.09 Å². The van der Waals surface area contributed by atoms with Crippen LogP contribution in [-0.4, -0.2) is 32.0 Å². The first-order valence-corrected chi connectivity index (χ1v) is 13.0. The maximum Gasteiger partial charge on any atom is 0.407 e. The predicted molar refractivity (Wildman–Crippen MR) is 125 cm³/mol. The molecule has 1 amide bonds. The number of hydrogen-bond acceptors (Lipinski definition) is 3. The molecule has 0 bridgehead atoms. The van der Waals surface area contributed by atoms with Gasteiger partial charge in [0.2, 0.25) is 0 Å². The summed E-state index contributed by atoms with van der Waals surface area (Å²) < 4.78 is 5.59. The standard InChI is InChI=1S/C23H32N4O2Si/c1-23(2,3)29-22(28)26-21(17-11-12-18-25-27-24)30(4,19-13-7-5-8-14-19)20-15-9-6-10-16-20/h5-10,13-16,21H,11-12,17-18H2,1-4H3,(H,26,28)/t21-/m1/s1. The fraction of sp³-hybridized carbons (Fsp3) is 0.435. The van der Waals surface area contributed by atoms with Crippen LogP contribution in [0.4, 0.5) is 4.79 Å². The average Bonchev–Trinajstić information content (AvgIpc) is 2.72. The Kier molecular flexibility index (Phi) is 8.51. The summed E-state index contributed by atoms with van der Waals surface area (Å²) in [4.78, 5) is 15.6. The van der Waals surface area contributed by atoms with Gasteiger partial charge in [-0.1, -0.05) is 89.1 Å². The highest BCUT2D eigenvalue weighted by molar-refractivity contribution is 7.02. The van der Waals surface area contributed by atoms with Crippen molar-refractivity contribution in [1.82, 2.24) is 5.32 Å². The first-order valence-electron chi connectivity index (χ1n) is 10.4. The summed E-state index contributed by atoms with van der Waals surface area (Å²) in [7, 11) is -2.35. The van der Waals surface area contributed by atoms with Crippen molar-refractivity contribution in [3.8, 4) is 0 Å². The first kappa shape index (κ1) is 23.5. The van der Waals surface area contributed by atoms with Crippen LogP contribution in [-0.2, 0) is 4.74 Å². The minimum atomic E-state index is -2.35. The Morgan fingerprint density at radius 2 is 1.60 bits per heavy atom. The fourth-order valence-electron chi connectivity index (χ4n) is 3.67. The maximum absolute atomic E-state index is 12.7. The third-order valence-corrected chi connectivity index (χ3v) is 10.1. The van der Waals surface area contributed by atoms with Gasteiger partial charge in [0.15, 0.2) is 0 Å². The summed E-state index contributed by atoms with van der Waals surface area (Å²) in [5.41, 5.74) is 7.89. The molecule has 6 nitrogen and oxygen atoms in total. The molecule has 2 rings (SSSR count). The fourth-order valence-corrected chi connectivity index (χ4v) is 7.76. The summed E-state index contributed by atoms with van der Waals surface area (Å²) in [5, 5.41) is 9.35. The third kappa shape index (κ3) is 6.64.